The third-order valence-corrected chi connectivity index (χ3v) is 7.99. The van der Waals surface area contributed by atoms with E-state index in [4.69, 9.17) is 9.47 Å². The highest BCUT2D eigenvalue weighted by atomic mass is 31.1. The maximum Gasteiger partial charge on any atom is 0.250 e. The molecule has 2 aromatic carbocycles. The van der Waals surface area contributed by atoms with Gasteiger partial charge >= 0.3 is 0 Å². The number of aryl methyl sites for hydroxylation is 3. The first-order chi connectivity index (χ1) is 14.3. The summed E-state index contributed by atoms with van der Waals surface area (Å²) in [6.45, 7) is 5.78. The predicted molar refractivity (Wildman–Crippen MR) is 118 cm³/mol. The standard InChI is InChI=1S/C24H28O5P/c1-15-13-16(2)20(17(3)14-15)22(25)24(11-6-7-12-24)30(27)23(26)21-18(28-4)9-8-10-19(21)29-5/h8-10,13-14H,6-7,11-12H2,1-5H3. The Bertz CT molecular complexity index is 973. The van der Waals surface area contributed by atoms with E-state index in [0.29, 0.717) is 29.9 Å². The van der Waals surface area contributed by atoms with Crippen LogP contribution in [0.5, 0.6) is 11.5 Å². The van der Waals surface area contributed by atoms with Gasteiger partial charge in [-0.1, -0.05) is 36.6 Å². The fraction of sp³-hybridized carbons (Fsp3) is 0.417. The molecule has 1 saturated carbocycles. The Morgan fingerprint density at radius 2 is 1.40 bits per heavy atom. The lowest BCUT2D eigenvalue weighted by Gasteiger charge is -2.27. The summed E-state index contributed by atoms with van der Waals surface area (Å²) in [6.07, 6.45) is 2.42. The average molecular weight is 427 g/mol. The molecule has 0 spiro atoms. The largest absolute Gasteiger partial charge is 0.496 e. The topological polar surface area (TPSA) is 69.7 Å². The highest BCUT2D eigenvalue weighted by molar-refractivity contribution is 7.67. The third-order valence-electron chi connectivity index (χ3n) is 5.97. The van der Waals surface area contributed by atoms with Crippen molar-refractivity contribution in [1.29, 1.82) is 0 Å². The molecule has 1 aliphatic rings. The molecule has 0 saturated heterocycles. The van der Waals surface area contributed by atoms with Gasteiger partial charge < -0.3 is 9.47 Å². The number of rotatable bonds is 7. The smallest absolute Gasteiger partial charge is 0.250 e. The minimum Gasteiger partial charge on any atom is -0.496 e. The van der Waals surface area contributed by atoms with E-state index in [1.165, 1.54) is 14.2 Å². The molecule has 0 aromatic heterocycles. The first-order valence-electron chi connectivity index (χ1n) is 10.1. The molecule has 2 aromatic rings. The number of hydrogen-bond donors (Lipinski definition) is 0. The summed E-state index contributed by atoms with van der Waals surface area (Å²) < 4.78 is 24.4. The van der Waals surface area contributed by atoms with Gasteiger partial charge in [0, 0.05) is 5.56 Å². The number of carbonyl (C=O) groups is 2. The van der Waals surface area contributed by atoms with E-state index in [0.717, 1.165) is 29.5 Å². The molecule has 1 fully saturated rings. The molecule has 1 aliphatic carbocycles. The Morgan fingerprint density at radius 1 is 0.900 bits per heavy atom. The molecule has 0 heterocycles. The quantitative estimate of drug-likeness (QED) is 0.413. The zero-order valence-electron chi connectivity index (χ0n) is 18.2. The molecule has 30 heavy (non-hydrogen) atoms. The molecule has 5 nitrogen and oxygen atoms in total. The average Bonchev–Trinajstić information content (AvgIpc) is 3.22. The fourth-order valence-corrected chi connectivity index (χ4v) is 6.44. The van der Waals surface area contributed by atoms with Crippen molar-refractivity contribution in [2.24, 2.45) is 0 Å². The van der Waals surface area contributed by atoms with Crippen LogP contribution < -0.4 is 9.47 Å². The van der Waals surface area contributed by atoms with Crippen LogP contribution in [-0.4, -0.2) is 30.7 Å². The molecule has 3 rings (SSSR count). The van der Waals surface area contributed by atoms with Crippen molar-refractivity contribution >= 4 is 19.1 Å². The lowest BCUT2D eigenvalue weighted by molar-refractivity contribution is 0.0929. The van der Waals surface area contributed by atoms with Gasteiger partial charge in [0.15, 0.2) is 13.6 Å². The summed E-state index contributed by atoms with van der Waals surface area (Å²) in [7, 11) is 0.364. The van der Waals surface area contributed by atoms with Crippen LogP contribution >= 0.6 is 7.80 Å². The first kappa shape index (κ1) is 22.2. The van der Waals surface area contributed by atoms with Gasteiger partial charge in [-0.3, -0.25) is 14.2 Å². The van der Waals surface area contributed by atoms with E-state index in [9.17, 15) is 14.2 Å². The van der Waals surface area contributed by atoms with Crippen molar-refractivity contribution in [2.75, 3.05) is 14.2 Å². The lowest BCUT2D eigenvalue weighted by atomic mass is 9.88. The summed E-state index contributed by atoms with van der Waals surface area (Å²) in [6, 6.07) is 8.89. The Kier molecular flexibility index (Phi) is 6.42. The lowest BCUT2D eigenvalue weighted by Crippen LogP contribution is -2.35. The second kappa shape index (κ2) is 8.69. The van der Waals surface area contributed by atoms with Crippen LogP contribution in [0.3, 0.4) is 0 Å². The van der Waals surface area contributed by atoms with Gasteiger partial charge in [-0.25, -0.2) is 0 Å². The monoisotopic (exact) mass is 427 g/mol. The molecule has 1 atom stereocenters. The molecule has 0 aliphatic heterocycles. The van der Waals surface area contributed by atoms with Crippen molar-refractivity contribution in [3.8, 4) is 11.5 Å². The summed E-state index contributed by atoms with van der Waals surface area (Å²) >= 11 is 0. The van der Waals surface area contributed by atoms with Crippen molar-refractivity contribution in [3.63, 3.8) is 0 Å². The van der Waals surface area contributed by atoms with E-state index >= 15 is 0 Å². The van der Waals surface area contributed by atoms with E-state index < -0.39 is 18.5 Å². The number of methoxy groups -OCH3 is 2. The molecule has 6 heteroatoms. The van der Waals surface area contributed by atoms with E-state index in [1.54, 1.807) is 18.2 Å². The van der Waals surface area contributed by atoms with Gasteiger partial charge in [-0.05, 0) is 56.9 Å². The number of carbonyl (C=O) groups excluding carboxylic acids is 2. The molecular formula is C24H28O5P. The van der Waals surface area contributed by atoms with Crippen molar-refractivity contribution < 1.29 is 23.6 Å². The second-order valence-electron chi connectivity index (χ2n) is 7.98. The zero-order valence-corrected chi connectivity index (χ0v) is 19.1. The van der Waals surface area contributed by atoms with E-state index in [1.807, 2.05) is 32.9 Å². The van der Waals surface area contributed by atoms with Gasteiger partial charge in [0.25, 0.3) is 0 Å². The van der Waals surface area contributed by atoms with Crippen LogP contribution in [0.2, 0.25) is 0 Å². The zero-order chi connectivity index (χ0) is 22.1. The van der Waals surface area contributed by atoms with E-state index in [-0.39, 0.29) is 11.3 Å². The molecular weight excluding hydrogens is 399 g/mol. The number of ether oxygens (including phenoxy) is 2. The van der Waals surface area contributed by atoms with Gasteiger partial charge in [0.05, 0.1) is 14.2 Å². The Labute approximate surface area is 178 Å². The Hall–Kier alpha value is -2.52. The summed E-state index contributed by atoms with van der Waals surface area (Å²) in [5.41, 5.74) is 2.92. The van der Waals surface area contributed by atoms with Crippen LogP contribution in [0.15, 0.2) is 30.3 Å². The maximum atomic E-state index is 13.8. The van der Waals surface area contributed by atoms with E-state index in [2.05, 4.69) is 0 Å². The minimum absolute atomic E-state index is 0.139. The summed E-state index contributed by atoms with van der Waals surface area (Å²) in [5.74, 6) is 0.412. The molecule has 0 amide bonds. The highest BCUT2D eigenvalue weighted by Gasteiger charge is 2.51. The SMILES string of the molecule is COc1cccc(OC)c1C(=O)[P](=O)C1(C(=O)c2c(C)cc(C)cc2C)CCCC1. The van der Waals surface area contributed by atoms with Crippen LogP contribution in [-0.2, 0) is 4.57 Å². The van der Waals surface area contributed by atoms with Gasteiger partial charge in [-0.15, -0.1) is 0 Å². The second-order valence-corrected chi connectivity index (χ2v) is 9.83. The van der Waals surface area contributed by atoms with Crippen LogP contribution in [0.25, 0.3) is 0 Å². The van der Waals surface area contributed by atoms with Gasteiger partial charge in [-0.2, -0.15) is 0 Å². The molecule has 0 N–H and O–H groups in total. The van der Waals surface area contributed by atoms with Crippen molar-refractivity contribution in [2.45, 2.75) is 51.6 Å². The normalized spacial score (nSPS) is 15.6. The fourth-order valence-electron chi connectivity index (χ4n) is 4.61. The summed E-state index contributed by atoms with van der Waals surface area (Å²) in [5, 5.41) is -1.19. The molecule has 1 radical (unpaired) electrons. The number of Topliss-reactive ketones (excluding diaryl/α,β-unsaturated/α-hetero) is 1. The van der Waals surface area contributed by atoms with Crippen molar-refractivity contribution in [3.05, 3.63) is 58.1 Å². The molecule has 159 valence electrons. The van der Waals surface area contributed by atoms with Crippen LogP contribution in [0.4, 0.5) is 0 Å². The third kappa shape index (κ3) is 3.67. The Morgan fingerprint density at radius 3 is 1.87 bits per heavy atom. The highest BCUT2D eigenvalue weighted by Crippen LogP contribution is 2.55. The molecule has 0 bridgehead atoms. The maximum absolute atomic E-state index is 13.8. The van der Waals surface area contributed by atoms with Gasteiger partial charge in [0.2, 0.25) is 5.52 Å². The van der Waals surface area contributed by atoms with Crippen LogP contribution in [0, 0.1) is 20.8 Å². The first-order valence-corrected chi connectivity index (χ1v) is 11.4. The molecule has 1 unspecified atom stereocenters. The number of hydrogen-bond acceptors (Lipinski definition) is 5. The van der Waals surface area contributed by atoms with Crippen LogP contribution in [0.1, 0.15) is 63.1 Å². The predicted octanol–water partition coefficient (Wildman–Crippen LogP) is 5.79. The Balaban J connectivity index is 2.11. The van der Waals surface area contributed by atoms with Gasteiger partial charge in [0.1, 0.15) is 22.2 Å². The number of benzene rings is 2. The van der Waals surface area contributed by atoms with Crippen molar-refractivity contribution in [1.82, 2.24) is 0 Å². The number of ketones is 1. The minimum atomic E-state index is -2.54. The summed E-state index contributed by atoms with van der Waals surface area (Å²) in [4.78, 5) is 27.3.